The molecule has 0 atom stereocenters. The highest BCUT2D eigenvalue weighted by Crippen LogP contribution is 2.24. The van der Waals surface area contributed by atoms with Crippen molar-refractivity contribution in [3.63, 3.8) is 0 Å². The number of aromatic nitrogens is 1. The molecule has 1 N–H and O–H groups in total. The third-order valence-electron chi connectivity index (χ3n) is 5.01. The maximum atomic E-state index is 12.8. The number of pyridine rings is 1. The number of ketones is 1. The van der Waals surface area contributed by atoms with E-state index in [0.29, 0.717) is 22.8 Å². The topological polar surface area (TPSA) is 71.5 Å². The molecule has 1 aliphatic rings. The summed E-state index contributed by atoms with van der Waals surface area (Å²) in [7, 11) is 3.60. The van der Waals surface area contributed by atoms with Crippen LogP contribution >= 0.6 is 0 Å². The van der Waals surface area contributed by atoms with Crippen molar-refractivity contribution in [2.75, 3.05) is 32.6 Å². The first-order chi connectivity index (χ1) is 13.0. The molecule has 27 heavy (non-hydrogen) atoms. The van der Waals surface area contributed by atoms with Crippen molar-refractivity contribution >= 4 is 17.5 Å². The second kappa shape index (κ2) is 8.31. The fourth-order valence-corrected chi connectivity index (χ4v) is 3.40. The molecule has 0 radical (unpaired) electrons. The van der Waals surface area contributed by atoms with E-state index in [0.717, 1.165) is 31.5 Å². The van der Waals surface area contributed by atoms with Crippen molar-refractivity contribution < 1.29 is 14.3 Å². The van der Waals surface area contributed by atoms with E-state index in [1.807, 2.05) is 19.1 Å². The van der Waals surface area contributed by atoms with Crippen LogP contribution in [0.15, 0.2) is 36.4 Å². The summed E-state index contributed by atoms with van der Waals surface area (Å²) in [4.78, 5) is 32.1. The van der Waals surface area contributed by atoms with Crippen molar-refractivity contribution in [2.24, 2.45) is 5.92 Å². The molecule has 0 unspecified atom stereocenters. The SMILES string of the molecule is COc1cccc(C)c1C(=O)Nc1cccc(C(=O)C2CCN(C)CC2)n1. The highest BCUT2D eigenvalue weighted by atomic mass is 16.5. The van der Waals surface area contributed by atoms with Gasteiger partial charge in [0.2, 0.25) is 0 Å². The number of piperidine rings is 1. The Hall–Kier alpha value is -2.73. The number of nitrogens with one attached hydrogen (secondary N) is 1. The van der Waals surface area contributed by atoms with Crippen LogP contribution in [0.25, 0.3) is 0 Å². The molecule has 2 heterocycles. The number of amides is 1. The minimum atomic E-state index is -0.304. The number of carbonyl (C=O) groups excluding carboxylic acids is 2. The van der Waals surface area contributed by atoms with Gasteiger partial charge in [-0.2, -0.15) is 0 Å². The average molecular weight is 367 g/mol. The fraction of sp³-hybridized carbons (Fsp3) is 0.381. The monoisotopic (exact) mass is 367 g/mol. The predicted octanol–water partition coefficient (Wildman–Crippen LogP) is 3.18. The summed E-state index contributed by atoms with van der Waals surface area (Å²) >= 11 is 0. The Morgan fingerprint density at radius 3 is 2.56 bits per heavy atom. The third kappa shape index (κ3) is 4.34. The lowest BCUT2D eigenvalue weighted by Gasteiger charge is -2.27. The summed E-state index contributed by atoms with van der Waals surface area (Å²) in [6, 6.07) is 10.6. The maximum Gasteiger partial charge on any atom is 0.260 e. The van der Waals surface area contributed by atoms with Gasteiger partial charge in [0.15, 0.2) is 5.78 Å². The lowest BCUT2D eigenvalue weighted by Crippen LogP contribution is -2.33. The summed E-state index contributed by atoms with van der Waals surface area (Å²) in [5, 5.41) is 2.79. The van der Waals surface area contributed by atoms with Crippen molar-refractivity contribution in [1.29, 1.82) is 0 Å². The largest absolute Gasteiger partial charge is 0.496 e. The molecule has 2 aromatic rings. The van der Waals surface area contributed by atoms with Crippen molar-refractivity contribution in [2.45, 2.75) is 19.8 Å². The van der Waals surface area contributed by atoms with E-state index in [1.54, 1.807) is 24.3 Å². The number of anilines is 1. The summed E-state index contributed by atoms with van der Waals surface area (Å²) in [5.74, 6) is 0.611. The lowest BCUT2D eigenvalue weighted by atomic mass is 9.91. The van der Waals surface area contributed by atoms with E-state index in [1.165, 1.54) is 7.11 Å². The summed E-state index contributed by atoms with van der Waals surface area (Å²) in [5.41, 5.74) is 1.68. The average Bonchev–Trinajstić information content (AvgIpc) is 2.67. The minimum absolute atomic E-state index is 0.00360. The third-order valence-corrected chi connectivity index (χ3v) is 5.01. The molecule has 1 aromatic carbocycles. The van der Waals surface area contributed by atoms with Crippen LogP contribution in [-0.2, 0) is 0 Å². The molecule has 0 saturated carbocycles. The van der Waals surface area contributed by atoms with E-state index >= 15 is 0 Å². The Morgan fingerprint density at radius 2 is 1.85 bits per heavy atom. The predicted molar refractivity (Wildman–Crippen MR) is 104 cm³/mol. The van der Waals surface area contributed by atoms with E-state index in [2.05, 4.69) is 22.2 Å². The van der Waals surface area contributed by atoms with Crippen molar-refractivity contribution in [3.8, 4) is 5.75 Å². The first kappa shape index (κ1) is 19.0. The number of ether oxygens (including phenoxy) is 1. The lowest BCUT2D eigenvalue weighted by molar-refractivity contribution is 0.0851. The minimum Gasteiger partial charge on any atom is -0.496 e. The van der Waals surface area contributed by atoms with E-state index in [-0.39, 0.29) is 17.6 Å². The van der Waals surface area contributed by atoms with Gasteiger partial charge in [0.1, 0.15) is 17.3 Å². The van der Waals surface area contributed by atoms with Crippen LogP contribution in [0.4, 0.5) is 5.82 Å². The first-order valence-corrected chi connectivity index (χ1v) is 9.14. The highest BCUT2D eigenvalue weighted by Gasteiger charge is 2.25. The summed E-state index contributed by atoms with van der Waals surface area (Å²) < 4.78 is 5.30. The first-order valence-electron chi connectivity index (χ1n) is 9.14. The van der Waals surface area contributed by atoms with Crippen LogP contribution < -0.4 is 10.1 Å². The van der Waals surface area contributed by atoms with Crippen LogP contribution in [0.3, 0.4) is 0 Å². The molecule has 1 aliphatic heterocycles. The maximum absolute atomic E-state index is 12.8. The molecular formula is C21H25N3O3. The van der Waals surface area contributed by atoms with Gasteiger partial charge >= 0.3 is 0 Å². The molecule has 0 bridgehead atoms. The zero-order valence-corrected chi connectivity index (χ0v) is 16.0. The molecule has 3 rings (SSSR count). The van der Waals surface area contributed by atoms with Gasteiger partial charge in [-0.05, 0) is 63.7 Å². The van der Waals surface area contributed by atoms with Gasteiger partial charge in [0.25, 0.3) is 5.91 Å². The van der Waals surface area contributed by atoms with E-state index in [4.69, 9.17) is 4.74 Å². The Bertz CT molecular complexity index is 842. The number of carbonyl (C=O) groups is 2. The van der Waals surface area contributed by atoms with Crippen LogP contribution in [0.5, 0.6) is 5.75 Å². The van der Waals surface area contributed by atoms with E-state index < -0.39 is 0 Å². The van der Waals surface area contributed by atoms with Crippen molar-refractivity contribution in [3.05, 3.63) is 53.2 Å². The smallest absolute Gasteiger partial charge is 0.260 e. The number of nitrogens with zero attached hydrogens (tertiary/aromatic N) is 2. The number of aryl methyl sites for hydroxylation is 1. The standard InChI is InChI=1S/C21H25N3O3/c1-14-6-4-8-17(27-3)19(14)21(26)23-18-9-5-7-16(22-18)20(25)15-10-12-24(2)13-11-15/h4-9,15H,10-13H2,1-3H3,(H,22,23,26). The molecular weight excluding hydrogens is 342 g/mol. The number of benzene rings is 1. The fourth-order valence-electron chi connectivity index (χ4n) is 3.40. The molecule has 0 spiro atoms. The normalized spacial score (nSPS) is 15.4. The molecule has 1 aromatic heterocycles. The zero-order valence-electron chi connectivity index (χ0n) is 16.0. The number of rotatable bonds is 5. The second-order valence-corrected chi connectivity index (χ2v) is 6.96. The van der Waals surface area contributed by atoms with Gasteiger partial charge in [-0.3, -0.25) is 9.59 Å². The van der Waals surface area contributed by atoms with Crippen molar-refractivity contribution in [1.82, 2.24) is 9.88 Å². The van der Waals surface area contributed by atoms with Gasteiger partial charge < -0.3 is 15.0 Å². The number of hydrogen-bond acceptors (Lipinski definition) is 5. The number of hydrogen-bond donors (Lipinski definition) is 1. The molecule has 1 amide bonds. The Kier molecular flexibility index (Phi) is 5.86. The summed E-state index contributed by atoms with van der Waals surface area (Å²) in [6.45, 7) is 3.69. The van der Waals surface area contributed by atoms with Crippen LogP contribution in [-0.4, -0.2) is 48.8 Å². The van der Waals surface area contributed by atoms with Gasteiger partial charge in [-0.25, -0.2) is 4.98 Å². The Labute approximate surface area is 159 Å². The molecule has 6 nitrogen and oxygen atoms in total. The van der Waals surface area contributed by atoms with Crippen LogP contribution in [0.2, 0.25) is 0 Å². The Balaban J connectivity index is 1.76. The van der Waals surface area contributed by atoms with Gasteiger partial charge in [-0.1, -0.05) is 18.2 Å². The molecule has 6 heteroatoms. The molecule has 1 fully saturated rings. The van der Waals surface area contributed by atoms with Gasteiger partial charge in [0, 0.05) is 5.92 Å². The van der Waals surface area contributed by atoms with Crippen LogP contribution in [0, 0.1) is 12.8 Å². The van der Waals surface area contributed by atoms with Gasteiger partial charge in [0.05, 0.1) is 12.7 Å². The highest BCUT2D eigenvalue weighted by molar-refractivity contribution is 6.07. The van der Waals surface area contributed by atoms with Crippen LogP contribution in [0.1, 0.15) is 39.3 Å². The molecule has 142 valence electrons. The molecule has 0 aliphatic carbocycles. The zero-order chi connectivity index (χ0) is 19.4. The molecule has 1 saturated heterocycles. The summed E-state index contributed by atoms with van der Waals surface area (Å²) in [6.07, 6.45) is 1.68. The van der Waals surface area contributed by atoms with E-state index in [9.17, 15) is 9.59 Å². The second-order valence-electron chi connectivity index (χ2n) is 6.96. The number of likely N-dealkylation sites (tertiary alicyclic amines) is 1. The number of Topliss-reactive ketones (excluding diaryl/α,β-unsaturated/α-hetero) is 1. The van der Waals surface area contributed by atoms with Gasteiger partial charge in [-0.15, -0.1) is 0 Å². The quantitative estimate of drug-likeness (QED) is 0.822. The Morgan fingerprint density at radius 1 is 1.15 bits per heavy atom. The number of methoxy groups -OCH3 is 1.